The number of aliphatic carboxylic acids is 1. The summed E-state index contributed by atoms with van der Waals surface area (Å²) in [6, 6.07) is 21.1. The quantitative estimate of drug-likeness (QED) is 0.168. The van der Waals surface area contributed by atoms with Gasteiger partial charge >= 0.3 is 5.97 Å². The Morgan fingerprint density at radius 3 is 2.31 bits per heavy atom. The standard InChI is InChI=1S/C43H54N4O7/c1-27(2)37(45-40(50)38(44-28(3)48)31-16-8-5-9-17-31)41(51)47-25-34(54-26-32-19-12-18-30-15-10-11-20-35(30)32)23-36(47)39(49)46-43(42(52)53)24-33(43)22-21-29-13-6-4-7-14-29/h4,6-7,10-15,18-20,27,31,33-34,36-38H,5,8-9,16-17,21-26H2,1-3H3,(H,44,48)(H,45,50)(H,46,49)(H,52,53)/t33-,34-,36+,37+,38+,43+/m1/s1. The number of hydrogen-bond donors (Lipinski definition) is 4. The van der Waals surface area contributed by atoms with Crippen LogP contribution >= 0.6 is 0 Å². The van der Waals surface area contributed by atoms with Crippen LogP contribution in [0.4, 0.5) is 0 Å². The van der Waals surface area contributed by atoms with Gasteiger partial charge in [-0.2, -0.15) is 0 Å². The number of benzene rings is 3. The van der Waals surface area contributed by atoms with Crippen LogP contribution in [0.2, 0.25) is 0 Å². The van der Waals surface area contributed by atoms with Crippen molar-refractivity contribution in [2.45, 2.75) is 115 Å². The number of carboxylic acids is 1. The molecule has 0 radical (unpaired) electrons. The molecule has 4 N–H and O–H groups in total. The molecule has 6 rings (SSSR count). The lowest BCUT2D eigenvalue weighted by atomic mass is 9.83. The van der Waals surface area contributed by atoms with E-state index in [1.54, 1.807) is 0 Å². The number of aryl methyl sites for hydroxylation is 1. The number of ether oxygens (including phenoxy) is 1. The fourth-order valence-electron chi connectivity index (χ4n) is 8.49. The molecule has 1 heterocycles. The van der Waals surface area contributed by atoms with Gasteiger partial charge in [0.15, 0.2) is 0 Å². The number of carbonyl (C=O) groups is 5. The van der Waals surface area contributed by atoms with Crippen molar-refractivity contribution < 1.29 is 33.8 Å². The monoisotopic (exact) mass is 738 g/mol. The highest BCUT2D eigenvalue weighted by Crippen LogP contribution is 2.47. The first kappa shape index (κ1) is 38.9. The smallest absolute Gasteiger partial charge is 0.329 e. The number of amides is 4. The molecule has 0 spiro atoms. The summed E-state index contributed by atoms with van der Waals surface area (Å²) in [5.41, 5.74) is 0.654. The Balaban J connectivity index is 1.21. The number of hydrogen-bond acceptors (Lipinski definition) is 6. The molecule has 1 saturated heterocycles. The van der Waals surface area contributed by atoms with Gasteiger partial charge in [-0.15, -0.1) is 0 Å². The first-order valence-electron chi connectivity index (χ1n) is 19.5. The van der Waals surface area contributed by atoms with Crippen LogP contribution in [0, 0.1) is 17.8 Å². The van der Waals surface area contributed by atoms with Gasteiger partial charge in [-0.25, -0.2) is 4.79 Å². The summed E-state index contributed by atoms with van der Waals surface area (Å²) in [6.45, 7) is 5.40. The molecule has 0 aromatic heterocycles. The maximum Gasteiger partial charge on any atom is 0.329 e. The second-order valence-corrected chi connectivity index (χ2v) is 15.8. The van der Waals surface area contributed by atoms with Crippen molar-refractivity contribution in [2.24, 2.45) is 17.8 Å². The van der Waals surface area contributed by atoms with Crippen LogP contribution in [-0.4, -0.2) is 75.9 Å². The SMILES string of the molecule is CC(=O)N[C@H](C(=O)N[C@H](C(=O)N1C[C@H](OCc2cccc3ccccc23)C[C@H]1C(=O)N[C@@]1(C(=O)O)C[C@H]1CCc1ccccc1)C(C)C)C1CCCCC1. The zero-order chi connectivity index (χ0) is 38.4. The van der Waals surface area contributed by atoms with Crippen LogP contribution in [0.15, 0.2) is 72.8 Å². The third-order valence-electron chi connectivity index (χ3n) is 11.7. The largest absolute Gasteiger partial charge is 0.479 e. The van der Waals surface area contributed by atoms with Crippen molar-refractivity contribution in [1.82, 2.24) is 20.9 Å². The lowest BCUT2D eigenvalue weighted by Crippen LogP contribution is -2.60. The van der Waals surface area contributed by atoms with Crippen molar-refractivity contribution in [2.75, 3.05) is 6.54 Å². The Hall–Kier alpha value is -4.77. The lowest BCUT2D eigenvalue weighted by molar-refractivity contribution is -0.146. The first-order valence-corrected chi connectivity index (χ1v) is 19.5. The summed E-state index contributed by atoms with van der Waals surface area (Å²) in [7, 11) is 0. The summed E-state index contributed by atoms with van der Waals surface area (Å²) in [5.74, 6) is -3.45. The second-order valence-electron chi connectivity index (χ2n) is 15.8. The van der Waals surface area contributed by atoms with Crippen molar-refractivity contribution in [3.05, 3.63) is 83.9 Å². The van der Waals surface area contributed by atoms with Gasteiger partial charge in [0.05, 0.1) is 12.7 Å². The van der Waals surface area contributed by atoms with Gasteiger partial charge in [0.1, 0.15) is 23.7 Å². The Labute approximate surface area is 317 Å². The van der Waals surface area contributed by atoms with E-state index in [9.17, 15) is 29.1 Å². The van der Waals surface area contributed by atoms with Crippen molar-refractivity contribution in [3.8, 4) is 0 Å². The van der Waals surface area contributed by atoms with E-state index in [0.717, 1.165) is 54.0 Å². The molecule has 288 valence electrons. The van der Waals surface area contributed by atoms with Gasteiger partial charge in [0.2, 0.25) is 23.6 Å². The average molecular weight is 739 g/mol. The highest BCUT2D eigenvalue weighted by Gasteiger charge is 2.62. The van der Waals surface area contributed by atoms with Gasteiger partial charge in [-0.05, 0) is 71.8 Å². The minimum absolute atomic E-state index is 0.0386. The maximum atomic E-state index is 14.6. The molecule has 3 fully saturated rings. The number of rotatable bonds is 15. The number of nitrogens with zero attached hydrogens (tertiary/aromatic N) is 1. The molecule has 2 saturated carbocycles. The zero-order valence-corrected chi connectivity index (χ0v) is 31.6. The molecule has 11 nitrogen and oxygen atoms in total. The fourth-order valence-corrected chi connectivity index (χ4v) is 8.49. The number of carbonyl (C=O) groups excluding carboxylic acids is 4. The predicted molar refractivity (Wildman–Crippen MR) is 205 cm³/mol. The molecule has 1 aliphatic heterocycles. The zero-order valence-electron chi connectivity index (χ0n) is 31.6. The third kappa shape index (κ3) is 8.94. The Bertz CT molecular complexity index is 1820. The topological polar surface area (TPSA) is 154 Å². The number of likely N-dealkylation sites (tertiary alicyclic amines) is 1. The minimum Gasteiger partial charge on any atom is -0.479 e. The molecule has 3 aliphatic rings. The molecule has 3 aromatic rings. The molecular weight excluding hydrogens is 684 g/mol. The Morgan fingerprint density at radius 2 is 1.61 bits per heavy atom. The van der Waals surface area contributed by atoms with E-state index in [4.69, 9.17) is 4.74 Å². The second kappa shape index (κ2) is 17.1. The van der Waals surface area contributed by atoms with Crippen LogP contribution in [0.25, 0.3) is 10.8 Å². The molecule has 4 amide bonds. The highest BCUT2D eigenvalue weighted by molar-refractivity contribution is 5.97. The van der Waals surface area contributed by atoms with E-state index in [-0.39, 0.29) is 43.2 Å². The molecule has 3 aromatic carbocycles. The van der Waals surface area contributed by atoms with E-state index in [1.165, 1.54) is 11.8 Å². The number of fused-ring (bicyclic) bond motifs is 1. The summed E-state index contributed by atoms with van der Waals surface area (Å²) < 4.78 is 6.42. The van der Waals surface area contributed by atoms with Gasteiger partial charge in [-0.1, -0.05) is 106 Å². The van der Waals surface area contributed by atoms with Crippen LogP contribution in [0.3, 0.4) is 0 Å². The Kier molecular flexibility index (Phi) is 12.4. The molecule has 0 bridgehead atoms. The van der Waals surface area contributed by atoms with E-state index in [2.05, 4.69) is 16.0 Å². The van der Waals surface area contributed by atoms with Gasteiger partial charge in [0, 0.05) is 19.9 Å². The maximum absolute atomic E-state index is 14.6. The van der Waals surface area contributed by atoms with E-state index in [1.807, 2.05) is 86.6 Å². The summed E-state index contributed by atoms with van der Waals surface area (Å²) >= 11 is 0. The lowest BCUT2D eigenvalue weighted by Gasteiger charge is -2.34. The molecule has 2 aliphatic carbocycles. The van der Waals surface area contributed by atoms with Crippen LogP contribution in [0.1, 0.15) is 83.3 Å². The molecule has 0 unspecified atom stereocenters. The van der Waals surface area contributed by atoms with Gasteiger partial charge in [-0.3, -0.25) is 19.2 Å². The van der Waals surface area contributed by atoms with Crippen LogP contribution in [0.5, 0.6) is 0 Å². The van der Waals surface area contributed by atoms with E-state index in [0.29, 0.717) is 19.3 Å². The van der Waals surface area contributed by atoms with Gasteiger partial charge in [0.25, 0.3) is 0 Å². The molecule has 11 heteroatoms. The summed E-state index contributed by atoms with van der Waals surface area (Å²) in [5, 5.41) is 21.2. The fraction of sp³-hybridized carbons (Fsp3) is 0.512. The summed E-state index contributed by atoms with van der Waals surface area (Å²) in [4.78, 5) is 69.0. The van der Waals surface area contributed by atoms with E-state index < -0.39 is 53.5 Å². The van der Waals surface area contributed by atoms with Crippen LogP contribution < -0.4 is 16.0 Å². The molecule has 54 heavy (non-hydrogen) atoms. The molecular formula is C43H54N4O7. The van der Waals surface area contributed by atoms with Crippen molar-refractivity contribution in [3.63, 3.8) is 0 Å². The first-order chi connectivity index (χ1) is 26.0. The summed E-state index contributed by atoms with van der Waals surface area (Å²) in [6.07, 6.45) is 5.87. The van der Waals surface area contributed by atoms with Crippen LogP contribution in [-0.2, 0) is 41.7 Å². The van der Waals surface area contributed by atoms with Crippen molar-refractivity contribution in [1.29, 1.82) is 0 Å². The molecule has 6 atom stereocenters. The highest BCUT2D eigenvalue weighted by atomic mass is 16.5. The minimum atomic E-state index is -1.42. The van der Waals surface area contributed by atoms with Crippen molar-refractivity contribution >= 4 is 40.4 Å². The average Bonchev–Trinajstić information content (AvgIpc) is 3.71. The van der Waals surface area contributed by atoms with Gasteiger partial charge < -0.3 is 30.7 Å². The van der Waals surface area contributed by atoms with E-state index >= 15 is 0 Å². The normalized spacial score (nSPS) is 23.8. The number of nitrogens with one attached hydrogen (secondary N) is 3. The predicted octanol–water partition coefficient (Wildman–Crippen LogP) is 5.14. The Morgan fingerprint density at radius 1 is 0.907 bits per heavy atom. The third-order valence-corrected chi connectivity index (χ3v) is 11.7. The number of carboxylic acid groups (broad SMARTS) is 1.